The summed E-state index contributed by atoms with van der Waals surface area (Å²) in [6, 6.07) is 8.24. The van der Waals surface area contributed by atoms with Crippen LogP contribution in [-0.4, -0.2) is 77.6 Å². The summed E-state index contributed by atoms with van der Waals surface area (Å²) in [4.78, 5) is 6.82. The molecule has 0 unspecified atom stereocenters. The molecule has 182 valence electrons. The molecule has 0 spiro atoms. The molecule has 0 bridgehead atoms. The number of hydrogen-bond donors (Lipinski definition) is 2. The van der Waals surface area contributed by atoms with Gasteiger partial charge in [0.2, 0.25) is 0 Å². The van der Waals surface area contributed by atoms with Crippen LogP contribution in [0.4, 0.5) is 0 Å². The molecule has 32 heavy (non-hydrogen) atoms. The molecule has 1 aliphatic heterocycles. The highest BCUT2D eigenvalue weighted by Gasteiger charge is 2.33. The summed E-state index contributed by atoms with van der Waals surface area (Å²) in [6.45, 7) is 7.67. The van der Waals surface area contributed by atoms with Gasteiger partial charge in [0.05, 0.1) is 13.2 Å². The first kappa shape index (κ1) is 27.1. The topological polar surface area (TPSA) is 67.4 Å². The summed E-state index contributed by atoms with van der Waals surface area (Å²) < 4.78 is 16.9. The molecular weight excluding hydrogens is 519 g/mol. The Morgan fingerprint density at radius 1 is 1.12 bits per heavy atom. The average molecular weight is 561 g/mol. The van der Waals surface area contributed by atoms with Gasteiger partial charge in [0, 0.05) is 59.1 Å². The van der Waals surface area contributed by atoms with Crippen molar-refractivity contribution in [3.8, 4) is 5.75 Å². The average Bonchev–Trinajstić information content (AvgIpc) is 3.28. The van der Waals surface area contributed by atoms with E-state index in [0.717, 1.165) is 69.7 Å². The molecule has 1 aliphatic carbocycles. The fraction of sp³-hybridized carbons (Fsp3) is 0.708. The Kier molecular flexibility index (Phi) is 12.7. The van der Waals surface area contributed by atoms with Crippen LogP contribution in [0.1, 0.15) is 37.7 Å². The number of morpholine rings is 1. The van der Waals surface area contributed by atoms with Crippen LogP contribution in [0, 0.1) is 5.41 Å². The summed E-state index contributed by atoms with van der Waals surface area (Å²) in [5.41, 5.74) is 1.47. The van der Waals surface area contributed by atoms with Crippen LogP contribution in [0.15, 0.2) is 29.3 Å². The minimum Gasteiger partial charge on any atom is -0.492 e. The maximum Gasteiger partial charge on any atom is 0.191 e. The van der Waals surface area contributed by atoms with Crippen molar-refractivity contribution in [2.45, 2.75) is 38.6 Å². The zero-order valence-electron chi connectivity index (χ0n) is 19.7. The Morgan fingerprint density at radius 2 is 1.88 bits per heavy atom. The van der Waals surface area contributed by atoms with Crippen LogP contribution in [0.5, 0.6) is 5.75 Å². The third-order valence-electron chi connectivity index (χ3n) is 6.54. The Hall–Kier alpha value is -1.10. The van der Waals surface area contributed by atoms with Gasteiger partial charge in [-0.05, 0) is 30.7 Å². The third-order valence-corrected chi connectivity index (χ3v) is 6.54. The number of ether oxygens (including phenoxy) is 3. The molecular formula is C24H41IN4O3. The van der Waals surface area contributed by atoms with Gasteiger partial charge in [0.15, 0.2) is 5.96 Å². The van der Waals surface area contributed by atoms with Crippen molar-refractivity contribution < 1.29 is 14.2 Å². The van der Waals surface area contributed by atoms with Crippen LogP contribution in [0.25, 0.3) is 0 Å². The Morgan fingerprint density at radius 3 is 2.59 bits per heavy atom. The van der Waals surface area contributed by atoms with Gasteiger partial charge < -0.3 is 24.8 Å². The number of guanidine groups is 1. The Labute approximate surface area is 210 Å². The summed E-state index contributed by atoms with van der Waals surface area (Å²) >= 11 is 0. The van der Waals surface area contributed by atoms with Crippen molar-refractivity contribution in [3.63, 3.8) is 0 Å². The second-order valence-corrected chi connectivity index (χ2v) is 8.64. The standard InChI is InChI=1S/C24H40N4O3.HI/c1-25-23(27-20-24(11-15-29-2)9-5-6-10-24)26-19-21-7-3-4-8-22(21)31-18-14-28-12-16-30-17-13-28;/h3-4,7-8H,5-6,9-20H2,1-2H3,(H2,25,26,27);1H. The molecule has 1 heterocycles. The number of halogens is 1. The molecule has 3 rings (SSSR count). The van der Waals surface area contributed by atoms with Crippen molar-refractivity contribution in [2.75, 3.05) is 66.8 Å². The first-order chi connectivity index (χ1) is 15.2. The number of aliphatic imine (C=N–C) groups is 1. The number of hydrogen-bond acceptors (Lipinski definition) is 5. The second kappa shape index (κ2) is 14.9. The molecule has 0 amide bonds. The minimum atomic E-state index is 0. The molecule has 2 fully saturated rings. The summed E-state index contributed by atoms with van der Waals surface area (Å²) in [6.07, 6.45) is 6.26. The molecule has 0 radical (unpaired) electrons. The molecule has 1 saturated carbocycles. The SMILES string of the molecule is CN=C(NCc1ccccc1OCCN1CCOCC1)NCC1(CCOC)CCCC1.I. The zero-order chi connectivity index (χ0) is 21.8. The van der Waals surface area contributed by atoms with Crippen LogP contribution >= 0.6 is 24.0 Å². The van der Waals surface area contributed by atoms with Gasteiger partial charge in [-0.25, -0.2) is 0 Å². The van der Waals surface area contributed by atoms with E-state index in [1.54, 1.807) is 7.11 Å². The minimum absolute atomic E-state index is 0. The van der Waals surface area contributed by atoms with Gasteiger partial charge in [0.1, 0.15) is 12.4 Å². The van der Waals surface area contributed by atoms with Crippen LogP contribution in [0.3, 0.4) is 0 Å². The van der Waals surface area contributed by atoms with E-state index in [4.69, 9.17) is 14.2 Å². The van der Waals surface area contributed by atoms with E-state index in [0.29, 0.717) is 18.6 Å². The molecule has 7 nitrogen and oxygen atoms in total. The number of nitrogens with one attached hydrogen (secondary N) is 2. The fourth-order valence-corrected chi connectivity index (χ4v) is 4.53. The molecule has 0 aromatic heterocycles. The number of para-hydroxylation sites is 1. The van der Waals surface area contributed by atoms with E-state index in [9.17, 15) is 0 Å². The van der Waals surface area contributed by atoms with Gasteiger partial charge in [-0.1, -0.05) is 31.0 Å². The molecule has 2 aliphatic rings. The maximum atomic E-state index is 6.11. The smallest absolute Gasteiger partial charge is 0.191 e. The summed E-state index contributed by atoms with van der Waals surface area (Å²) in [7, 11) is 3.62. The van der Waals surface area contributed by atoms with E-state index < -0.39 is 0 Å². The predicted octanol–water partition coefficient (Wildman–Crippen LogP) is 3.28. The lowest BCUT2D eigenvalue weighted by atomic mass is 9.83. The Balaban J connectivity index is 0.00000363. The molecule has 8 heteroatoms. The summed E-state index contributed by atoms with van der Waals surface area (Å²) in [5, 5.41) is 7.02. The number of nitrogens with zero attached hydrogens (tertiary/aromatic N) is 2. The lowest BCUT2D eigenvalue weighted by molar-refractivity contribution is 0.0322. The molecule has 1 aromatic rings. The fourth-order valence-electron chi connectivity index (χ4n) is 4.53. The molecule has 1 aromatic carbocycles. The third kappa shape index (κ3) is 8.68. The molecule has 0 atom stereocenters. The van der Waals surface area contributed by atoms with E-state index in [1.165, 1.54) is 25.7 Å². The van der Waals surface area contributed by atoms with E-state index in [-0.39, 0.29) is 24.0 Å². The monoisotopic (exact) mass is 560 g/mol. The van der Waals surface area contributed by atoms with Gasteiger partial charge in [-0.2, -0.15) is 0 Å². The highest BCUT2D eigenvalue weighted by molar-refractivity contribution is 14.0. The van der Waals surface area contributed by atoms with Crippen molar-refractivity contribution in [1.29, 1.82) is 0 Å². The number of methoxy groups -OCH3 is 1. The molecule has 1 saturated heterocycles. The zero-order valence-corrected chi connectivity index (χ0v) is 22.1. The number of benzene rings is 1. The van der Waals surface area contributed by atoms with Crippen molar-refractivity contribution in [2.24, 2.45) is 10.4 Å². The summed E-state index contributed by atoms with van der Waals surface area (Å²) in [5.74, 6) is 1.78. The lowest BCUT2D eigenvalue weighted by Crippen LogP contribution is -2.43. The highest BCUT2D eigenvalue weighted by atomic mass is 127. The largest absolute Gasteiger partial charge is 0.492 e. The van der Waals surface area contributed by atoms with Gasteiger partial charge >= 0.3 is 0 Å². The quantitative estimate of drug-likeness (QED) is 0.246. The maximum absolute atomic E-state index is 6.11. The van der Waals surface area contributed by atoms with E-state index in [2.05, 4.69) is 32.7 Å². The Bertz CT molecular complexity index is 677. The van der Waals surface area contributed by atoms with Crippen molar-refractivity contribution in [1.82, 2.24) is 15.5 Å². The van der Waals surface area contributed by atoms with Gasteiger partial charge in [-0.3, -0.25) is 9.89 Å². The van der Waals surface area contributed by atoms with Crippen LogP contribution in [-0.2, 0) is 16.0 Å². The lowest BCUT2D eigenvalue weighted by Gasteiger charge is -2.30. The first-order valence-corrected chi connectivity index (χ1v) is 11.7. The predicted molar refractivity (Wildman–Crippen MR) is 140 cm³/mol. The molecule has 2 N–H and O–H groups in total. The number of rotatable bonds is 11. The van der Waals surface area contributed by atoms with Gasteiger partial charge in [0.25, 0.3) is 0 Å². The first-order valence-electron chi connectivity index (χ1n) is 11.7. The normalized spacial score (nSPS) is 18.8. The van der Waals surface area contributed by atoms with Crippen molar-refractivity contribution >= 4 is 29.9 Å². The van der Waals surface area contributed by atoms with E-state index >= 15 is 0 Å². The highest BCUT2D eigenvalue weighted by Crippen LogP contribution is 2.40. The van der Waals surface area contributed by atoms with E-state index in [1.807, 2.05) is 19.2 Å². The van der Waals surface area contributed by atoms with Crippen LogP contribution < -0.4 is 15.4 Å². The van der Waals surface area contributed by atoms with Crippen LogP contribution in [0.2, 0.25) is 0 Å². The van der Waals surface area contributed by atoms with Crippen molar-refractivity contribution in [3.05, 3.63) is 29.8 Å². The van der Waals surface area contributed by atoms with Gasteiger partial charge in [-0.15, -0.1) is 24.0 Å². The second-order valence-electron chi connectivity index (χ2n) is 8.64.